The van der Waals surface area contributed by atoms with Gasteiger partial charge in [-0.15, -0.1) is 0 Å². The summed E-state index contributed by atoms with van der Waals surface area (Å²) in [6.45, 7) is 6.59. The molecule has 0 radical (unpaired) electrons. The van der Waals surface area contributed by atoms with Gasteiger partial charge in [0.1, 0.15) is 18.1 Å². The van der Waals surface area contributed by atoms with Crippen LogP contribution in [0.15, 0.2) is 40.4 Å². The third-order valence-electron chi connectivity index (χ3n) is 4.67. The Morgan fingerprint density at radius 1 is 1.35 bits per heavy atom. The number of hydrogen-bond donors (Lipinski definition) is 1. The summed E-state index contributed by atoms with van der Waals surface area (Å²) >= 11 is 0. The van der Waals surface area contributed by atoms with Gasteiger partial charge in [-0.25, -0.2) is 0 Å². The van der Waals surface area contributed by atoms with Crippen LogP contribution in [0.4, 0.5) is 0 Å². The molecule has 3 rings (SSSR count). The molecule has 26 heavy (non-hydrogen) atoms. The van der Waals surface area contributed by atoms with Crippen LogP contribution in [0.2, 0.25) is 0 Å². The van der Waals surface area contributed by atoms with Crippen LogP contribution in [0.3, 0.4) is 0 Å². The SMILES string of the molecule is Cc1noc(C)c1COc1ccccc1C(=O)NCC1=CCN(C)CC1. The quantitative estimate of drug-likeness (QED) is 0.807. The molecule has 2 aromatic rings. The van der Waals surface area contributed by atoms with Gasteiger partial charge in [0, 0.05) is 19.6 Å². The van der Waals surface area contributed by atoms with E-state index in [0.29, 0.717) is 24.5 Å². The molecule has 0 unspecified atom stereocenters. The van der Waals surface area contributed by atoms with Crippen LogP contribution in [0.25, 0.3) is 0 Å². The number of nitrogens with one attached hydrogen (secondary N) is 1. The minimum Gasteiger partial charge on any atom is -0.488 e. The monoisotopic (exact) mass is 355 g/mol. The number of benzene rings is 1. The van der Waals surface area contributed by atoms with E-state index in [-0.39, 0.29) is 5.91 Å². The lowest BCUT2D eigenvalue weighted by Gasteiger charge is -2.22. The van der Waals surface area contributed by atoms with Crippen LogP contribution in [-0.4, -0.2) is 42.6 Å². The second kappa shape index (κ2) is 8.19. The van der Waals surface area contributed by atoms with Gasteiger partial charge in [-0.3, -0.25) is 4.79 Å². The van der Waals surface area contributed by atoms with Crippen LogP contribution >= 0.6 is 0 Å². The van der Waals surface area contributed by atoms with Crippen molar-refractivity contribution in [1.29, 1.82) is 0 Å². The number of carbonyl (C=O) groups excluding carboxylic acids is 1. The van der Waals surface area contributed by atoms with Crippen molar-refractivity contribution in [2.45, 2.75) is 26.9 Å². The Morgan fingerprint density at radius 2 is 2.15 bits per heavy atom. The van der Waals surface area contributed by atoms with E-state index in [4.69, 9.17) is 9.26 Å². The van der Waals surface area contributed by atoms with E-state index in [0.717, 1.165) is 36.5 Å². The highest BCUT2D eigenvalue weighted by molar-refractivity contribution is 5.97. The summed E-state index contributed by atoms with van der Waals surface area (Å²) in [5.41, 5.74) is 3.52. The molecule has 0 bridgehead atoms. The normalized spacial score (nSPS) is 14.8. The topological polar surface area (TPSA) is 67.6 Å². The average Bonchev–Trinajstić information content (AvgIpc) is 2.97. The van der Waals surface area contributed by atoms with Crippen molar-refractivity contribution in [2.75, 3.05) is 26.7 Å². The summed E-state index contributed by atoms with van der Waals surface area (Å²) in [7, 11) is 2.10. The third-order valence-corrected chi connectivity index (χ3v) is 4.67. The van der Waals surface area contributed by atoms with Crippen molar-refractivity contribution in [2.24, 2.45) is 0 Å². The fourth-order valence-corrected chi connectivity index (χ4v) is 2.90. The van der Waals surface area contributed by atoms with E-state index in [1.807, 2.05) is 32.0 Å². The van der Waals surface area contributed by atoms with Gasteiger partial charge in [-0.05, 0) is 39.4 Å². The van der Waals surface area contributed by atoms with Crippen LogP contribution in [0.1, 0.15) is 33.8 Å². The van der Waals surface area contributed by atoms with Gasteiger partial charge < -0.3 is 19.5 Å². The first-order chi connectivity index (χ1) is 12.5. The highest BCUT2D eigenvalue weighted by atomic mass is 16.5. The summed E-state index contributed by atoms with van der Waals surface area (Å²) in [6.07, 6.45) is 3.17. The molecule has 1 aliphatic heterocycles. The number of aromatic nitrogens is 1. The molecule has 138 valence electrons. The molecule has 1 aromatic heterocycles. The first-order valence-electron chi connectivity index (χ1n) is 8.83. The lowest BCUT2D eigenvalue weighted by molar-refractivity contribution is 0.0952. The Kier molecular flexibility index (Phi) is 5.73. The number of para-hydroxylation sites is 1. The highest BCUT2D eigenvalue weighted by Gasteiger charge is 2.15. The molecule has 6 nitrogen and oxygen atoms in total. The lowest BCUT2D eigenvalue weighted by Crippen LogP contribution is -2.30. The Hall–Kier alpha value is -2.60. The predicted molar refractivity (Wildman–Crippen MR) is 99.3 cm³/mol. The number of aryl methyl sites for hydroxylation is 2. The van der Waals surface area contributed by atoms with Crippen LogP contribution < -0.4 is 10.1 Å². The van der Waals surface area contributed by atoms with Crippen LogP contribution in [0, 0.1) is 13.8 Å². The Bertz CT molecular complexity index is 791. The van der Waals surface area contributed by atoms with E-state index in [9.17, 15) is 4.79 Å². The molecule has 1 aromatic carbocycles. The summed E-state index contributed by atoms with van der Waals surface area (Å²) in [6, 6.07) is 7.29. The van der Waals surface area contributed by atoms with Gasteiger partial charge in [0.25, 0.3) is 5.91 Å². The number of hydrogen-bond acceptors (Lipinski definition) is 5. The van der Waals surface area contributed by atoms with Gasteiger partial charge >= 0.3 is 0 Å². The minimum atomic E-state index is -0.126. The van der Waals surface area contributed by atoms with Crippen LogP contribution in [-0.2, 0) is 6.61 Å². The average molecular weight is 355 g/mol. The van der Waals surface area contributed by atoms with Crippen molar-refractivity contribution in [3.63, 3.8) is 0 Å². The molecule has 0 atom stereocenters. The van der Waals surface area contributed by atoms with Gasteiger partial charge in [-0.1, -0.05) is 28.9 Å². The third kappa shape index (κ3) is 4.32. The zero-order chi connectivity index (χ0) is 18.5. The maximum atomic E-state index is 12.6. The molecule has 0 saturated heterocycles. The Labute approximate surface area is 153 Å². The second-order valence-electron chi connectivity index (χ2n) is 6.64. The molecule has 0 fully saturated rings. The van der Waals surface area contributed by atoms with Crippen LogP contribution in [0.5, 0.6) is 5.75 Å². The first kappa shape index (κ1) is 18.2. The molecule has 0 aliphatic carbocycles. The van der Waals surface area contributed by atoms with Crippen molar-refractivity contribution in [3.8, 4) is 5.75 Å². The molecule has 1 N–H and O–H groups in total. The van der Waals surface area contributed by atoms with E-state index in [2.05, 4.69) is 28.5 Å². The standard InChI is InChI=1S/C20H25N3O3/c1-14-18(15(2)26-22-14)13-25-19-7-5-4-6-17(19)20(24)21-12-16-8-10-23(3)11-9-16/h4-8H,9-13H2,1-3H3,(H,21,24). The Balaban J connectivity index is 1.63. The highest BCUT2D eigenvalue weighted by Crippen LogP contribution is 2.21. The number of ether oxygens (including phenoxy) is 1. The lowest BCUT2D eigenvalue weighted by atomic mass is 10.1. The summed E-state index contributed by atoms with van der Waals surface area (Å²) < 4.78 is 11.0. The zero-order valence-electron chi connectivity index (χ0n) is 15.5. The van der Waals surface area contributed by atoms with E-state index in [1.54, 1.807) is 6.07 Å². The molecule has 0 saturated carbocycles. The molecule has 2 heterocycles. The molecule has 6 heteroatoms. The number of rotatable bonds is 6. The minimum absolute atomic E-state index is 0.126. The molecule has 1 amide bonds. The van der Waals surface area contributed by atoms with Gasteiger partial charge in [0.15, 0.2) is 0 Å². The second-order valence-corrected chi connectivity index (χ2v) is 6.64. The Morgan fingerprint density at radius 3 is 2.85 bits per heavy atom. The molecule has 0 spiro atoms. The van der Waals surface area contributed by atoms with Gasteiger partial charge in [0.2, 0.25) is 0 Å². The largest absolute Gasteiger partial charge is 0.488 e. The summed E-state index contributed by atoms with van der Waals surface area (Å²) in [5.74, 6) is 1.17. The molecular formula is C20H25N3O3. The number of carbonyl (C=O) groups is 1. The number of nitrogens with zero attached hydrogens (tertiary/aromatic N) is 2. The fraction of sp³-hybridized carbons (Fsp3) is 0.400. The summed E-state index contributed by atoms with van der Waals surface area (Å²) in [5, 5.41) is 6.93. The van der Waals surface area contributed by atoms with Gasteiger partial charge in [-0.2, -0.15) is 0 Å². The fourth-order valence-electron chi connectivity index (χ4n) is 2.90. The number of amides is 1. The predicted octanol–water partition coefficient (Wildman–Crippen LogP) is 2.86. The van der Waals surface area contributed by atoms with Crippen molar-refractivity contribution >= 4 is 5.91 Å². The van der Waals surface area contributed by atoms with E-state index in [1.165, 1.54) is 5.57 Å². The van der Waals surface area contributed by atoms with Gasteiger partial charge in [0.05, 0.1) is 16.8 Å². The van der Waals surface area contributed by atoms with E-state index < -0.39 is 0 Å². The van der Waals surface area contributed by atoms with Crippen molar-refractivity contribution in [1.82, 2.24) is 15.4 Å². The maximum Gasteiger partial charge on any atom is 0.255 e. The molecule has 1 aliphatic rings. The smallest absolute Gasteiger partial charge is 0.255 e. The van der Waals surface area contributed by atoms with E-state index >= 15 is 0 Å². The first-order valence-corrected chi connectivity index (χ1v) is 8.83. The van der Waals surface area contributed by atoms with Crippen molar-refractivity contribution < 1.29 is 14.1 Å². The maximum absolute atomic E-state index is 12.6. The van der Waals surface area contributed by atoms with Crippen molar-refractivity contribution in [3.05, 3.63) is 58.5 Å². The molecular weight excluding hydrogens is 330 g/mol. The summed E-state index contributed by atoms with van der Waals surface area (Å²) in [4.78, 5) is 14.9. The zero-order valence-corrected chi connectivity index (χ0v) is 15.5. The number of likely N-dealkylation sites (N-methyl/N-ethyl adjacent to an activating group) is 1.